The highest BCUT2D eigenvalue weighted by Gasteiger charge is 2.18. The number of anilines is 1. The van der Waals surface area contributed by atoms with Gasteiger partial charge in [0.25, 0.3) is 0 Å². The number of hydrogen-bond donors (Lipinski definition) is 1. The molecule has 0 saturated carbocycles. The molecule has 0 aliphatic rings. The van der Waals surface area contributed by atoms with Crippen LogP contribution in [0.4, 0.5) is 5.82 Å². The number of ether oxygens (including phenoxy) is 1. The number of nitrogens with zero attached hydrogens (tertiary/aromatic N) is 3. The van der Waals surface area contributed by atoms with Crippen molar-refractivity contribution in [1.82, 2.24) is 14.8 Å². The summed E-state index contributed by atoms with van der Waals surface area (Å²) >= 11 is 7.64. The van der Waals surface area contributed by atoms with Crippen molar-refractivity contribution < 1.29 is 17.9 Å². The molecule has 0 spiro atoms. The zero-order chi connectivity index (χ0) is 23.6. The second-order valence-corrected chi connectivity index (χ2v) is 10.8. The molecular formula is C22H21ClN4O4S2. The standard InChI is InChI=1S/C22H21ClN4O4S2/c1-14-13-19(27(26-14)22-25-21-17(23)5-3-6-18(21)32-22)24-20(28)7-4-12-33(29,30)16-10-8-15(31-2)9-11-16/h3,5-6,8-11,13H,4,7,12H2,1-2H3,(H,24,28). The van der Waals surface area contributed by atoms with E-state index >= 15 is 0 Å². The maximum absolute atomic E-state index is 12.5. The summed E-state index contributed by atoms with van der Waals surface area (Å²) in [5.41, 5.74) is 1.38. The third-order valence-electron chi connectivity index (χ3n) is 4.87. The van der Waals surface area contributed by atoms with Crippen LogP contribution in [0.2, 0.25) is 5.02 Å². The van der Waals surface area contributed by atoms with Gasteiger partial charge >= 0.3 is 0 Å². The Morgan fingerprint density at radius 3 is 2.67 bits per heavy atom. The van der Waals surface area contributed by atoms with Crippen molar-refractivity contribution in [2.45, 2.75) is 24.7 Å². The lowest BCUT2D eigenvalue weighted by Crippen LogP contribution is -2.16. The van der Waals surface area contributed by atoms with Gasteiger partial charge in [-0.2, -0.15) is 9.78 Å². The normalized spacial score (nSPS) is 11.6. The summed E-state index contributed by atoms with van der Waals surface area (Å²) in [6.45, 7) is 1.81. The summed E-state index contributed by atoms with van der Waals surface area (Å²) in [5.74, 6) is 0.600. The quantitative estimate of drug-likeness (QED) is 0.375. The van der Waals surface area contributed by atoms with Crippen LogP contribution in [0, 0.1) is 6.92 Å². The lowest BCUT2D eigenvalue weighted by atomic mass is 10.3. The number of fused-ring (bicyclic) bond motifs is 1. The number of benzene rings is 2. The average Bonchev–Trinajstić information content (AvgIpc) is 3.37. The Bertz CT molecular complexity index is 1410. The molecule has 0 unspecified atom stereocenters. The van der Waals surface area contributed by atoms with Gasteiger partial charge in [-0.15, -0.1) is 0 Å². The van der Waals surface area contributed by atoms with E-state index in [9.17, 15) is 13.2 Å². The number of aryl methyl sites for hydroxylation is 1. The highest BCUT2D eigenvalue weighted by molar-refractivity contribution is 7.91. The van der Waals surface area contributed by atoms with E-state index in [0.717, 1.165) is 4.70 Å². The Kier molecular flexibility index (Phi) is 6.68. The molecule has 0 aliphatic carbocycles. The van der Waals surface area contributed by atoms with E-state index in [2.05, 4.69) is 15.4 Å². The second kappa shape index (κ2) is 9.50. The van der Waals surface area contributed by atoms with Crippen LogP contribution in [0.3, 0.4) is 0 Å². The van der Waals surface area contributed by atoms with Crippen molar-refractivity contribution in [3.63, 3.8) is 0 Å². The molecule has 0 fully saturated rings. The van der Waals surface area contributed by atoms with Crippen molar-refractivity contribution in [2.75, 3.05) is 18.2 Å². The molecule has 4 rings (SSSR count). The first-order valence-electron chi connectivity index (χ1n) is 10.1. The number of carbonyl (C=O) groups excluding carboxylic acids is 1. The Hall–Kier alpha value is -2.95. The van der Waals surface area contributed by atoms with Gasteiger partial charge in [0.05, 0.1) is 33.2 Å². The van der Waals surface area contributed by atoms with Gasteiger partial charge in [-0.3, -0.25) is 4.79 Å². The van der Waals surface area contributed by atoms with Gasteiger partial charge in [0.2, 0.25) is 11.0 Å². The number of rotatable bonds is 8. The number of nitrogens with one attached hydrogen (secondary N) is 1. The molecule has 0 aliphatic heterocycles. The number of hydrogen-bond acceptors (Lipinski definition) is 7. The number of carbonyl (C=O) groups is 1. The topological polar surface area (TPSA) is 103 Å². The summed E-state index contributed by atoms with van der Waals surface area (Å²) < 4.78 is 32.6. The number of para-hydroxylation sites is 1. The van der Waals surface area contributed by atoms with E-state index < -0.39 is 9.84 Å². The molecule has 0 bridgehead atoms. The first kappa shape index (κ1) is 23.2. The lowest BCUT2D eigenvalue weighted by Gasteiger charge is -2.08. The fourth-order valence-electron chi connectivity index (χ4n) is 3.26. The van der Waals surface area contributed by atoms with Crippen molar-refractivity contribution in [1.29, 1.82) is 0 Å². The number of halogens is 1. The Morgan fingerprint density at radius 1 is 1.21 bits per heavy atom. The minimum Gasteiger partial charge on any atom is -0.497 e. The maximum Gasteiger partial charge on any atom is 0.225 e. The third-order valence-corrected chi connectivity index (χ3v) is 7.99. The van der Waals surface area contributed by atoms with Crippen LogP contribution in [0.5, 0.6) is 5.75 Å². The largest absolute Gasteiger partial charge is 0.497 e. The van der Waals surface area contributed by atoms with Gasteiger partial charge in [0.1, 0.15) is 17.1 Å². The lowest BCUT2D eigenvalue weighted by molar-refractivity contribution is -0.116. The Labute approximate surface area is 200 Å². The molecule has 2 aromatic carbocycles. The number of aromatic nitrogens is 3. The van der Waals surface area contributed by atoms with Crippen LogP contribution >= 0.6 is 22.9 Å². The molecule has 1 amide bonds. The van der Waals surface area contributed by atoms with E-state index in [1.807, 2.05) is 19.1 Å². The van der Waals surface area contributed by atoms with Crippen LogP contribution in [0.15, 0.2) is 53.4 Å². The van der Waals surface area contributed by atoms with Crippen LogP contribution in [-0.2, 0) is 14.6 Å². The minimum atomic E-state index is -3.49. The SMILES string of the molecule is COc1ccc(S(=O)(=O)CCCC(=O)Nc2cc(C)nn2-c2nc3c(Cl)cccc3s2)cc1. The van der Waals surface area contributed by atoms with E-state index in [0.29, 0.717) is 32.9 Å². The van der Waals surface area contributed by atoms with Gasteiger partial charge in [-0.05, 0) is 49.7 Å². The van der Waals surface area contributed by atoms with Crippen molar-refractivity contribution in [3.8, 4) is 10.9 Å². The predicted octanol–water partition coefficient (Wildman–Crippen LogP) is 4.65. The summed E-state index contributed by atoms with van der Waals surface area (Å²) in [6.07, 6.45) is 0.231. The zero-order valence-electron chi connectivity index (χ0n) is 17.9. The highest BCUT2D eigenvalue weighted by Crippen LogP contribution is 2.31. The zero-order valence-corrected chi connectivity index (χ0v) is 20.3. The Morgan fingerprint density at radius 2 is 1.97 bits per heavy atom. The van der Waals surface area contributed by atoms with Crippen molar-refractivity contribution in [2.24, 2.45) is 0 Å². The molecule has 33 heavy (non-hydrogen) atoms. The third kappa shape index (κ3) is 5.18. The van der Waals surface area contributed by atoms with Gasteiger partial charge in [-0.1, -0.05) is 29.0 Å². The summed E-state index contributed by atoms with van der Waals surface area (Å²) in [6, 6.07) is 13.5. The van der Waals surface area contributed by atoms with E-state index in [1.54, 1.807) is 28.9 Å². The van der Waals surface area contributed by atoms with Gasteiger partial charge in [0, 0.05) is 12.5 Å². The van der Waals surface area contributed by atoms with E-state index in [1.165, 1.54) is 30.6 Å². The van der Waals surface area contributed by atoms with Crippen LogP contribution in [0.25, 0.3) is 15.3 Å². The number of thiazole rings is 1. The smallest absolute Gasteiger partial charge is 0.225 e. The van der Waals surface area contributed by atoms with Crippen LogP contribution in [0.1, 0.15) is 18.5 Å². The summed E-state index contributed by atoms with van der Waals surface area (Å²) in [7, 11) is -1.98. The van der Waals surface area contributed by atoms with Crippen molar-refractivity contribution in [3.05, 3.63) is 59.2 Å². The highest BCUT2D eigenvalue weighted by atomic mass is 35.5. The monoisotopic (exact) mass is 504 g/mol. The fraction of sp³-hybridized carbons (Fsp3) is 0.227. The first-order chi connectivity index (χ1) is 15.8. The number of methoxy groups -OCH3 is 1. The molecule has 2 aromatic heterocycles. The minimum absolute atomic E-state index is 0.0469. The van der Waals surface area contributed by atoms with Gasteiger partial charge in [0.15, 0.2) is 9.84 Å². The summed E-state index contributed by atoms with van der Waals surface area (Å²) in [5, 5.41) is 8.36. The number of amides is 1. The molecule has 1 N–H and O–H groups in total. The molecule has 4 aromatic rings. The predicted molar refractivity (Wildman–Crippen MR) is 129 cm³/mol. The number of sulfone groups is 1. The Balaban J connectivity index is 1.42. The van der Waals surface area contributed by atoms with Crippen LogP contribution < -0.4 is 10.1 Å². The van der Waals surface area contributed by atoms with Crippen LogP contribution in [-0.4, -0.2) is 42.0 Å². The molecular weight excluding hydrogens is 484 g/mol. The fourth-order valence-corrected chi connectivity index (χ4v) is 5.80. The summed E-state index contributed by atoms with van der Waals surface area (Å²) in [4.78, 5) is 17.3. The van der Waals surface area contributed by atoms with Gasteiger partial charge < -0.3 is 10.1 Å². The molecule has 0 atom stereocenters. The van der Waals surface area contributed by atoms with E-state index in [4.69, 9.17) is 16.3 Å². The molecule has 11 heteroatoms. The molecule has 0 radical (unpaired) electrons. The second-order valence-electron chi connectivity index (χ2n) is 7.31. The van der Waals surface area contributed by atoms with Gasteiger partial charge in [-0.25, -0.2) is 13.4 Å². The molecule has 0 saturated heterocycles. The molecule has 8 nitrogen and oxygen atoms in total. The average molecular weight is 505 g/mol. The maximum atomic E-state index is 12.5. The van der Waals surface area contributed by atoms with E-state index in [-0.39, 0.29) is 29.4 Å². The molecule has 172 valence electrons. The van der Waals surface area contributed by atoms with Crippen molar-refractivity contribution >= 4 is 54.7 Å². The molecule has 2 heterocycles. The first-order valence-corrected chi connectivity index (χ1v) is 12.9.